The van der Waals surface area contributed by atoms with E-state index in [1.54, 1.807) is 0 Å². The highest BCUT2D eigenvalue weighted by molar-refractivity contribution is 7.18. The van der Waals surface area contributed by atoms with E-state index in [1.165, 1.54) is 23.7 Å². The molecule has 1 amide bonds. The molecule has 0 fully saturated rings. The third kappa shape index (κ3) is 2.84. The maximum atomic E-state index is 12.0. The molecule has 0 atom stereocenters. The summed E-state index contributed by atoms with van der Waals surface area (Å²) < 4.78 is 0. The number of nitrogens with one attached hydrogen (secondary N) is 1. The Kier molecular flexibility index (Phi) is 3.52. The predicted octanol–water partition coefficient (Wildman–Crippen LogP) is 1.83. The van der Waals surface area contributed by atoms with Gasteiger partial charge in [-0.25, -0.2) is 9.97 Å². The van der Waals surface area contributed by atoms with Crippen LogP contribution >= 0.6 is 11.3 Å². The first-order valence-electron chi connectivity index (χ1n) is 6.01. The molecule has 1 aromatic carbocycles. The van der Waals surface area contributed by atoms with Crippen LogP contribution in [0.15, 0.2) is 42.7 Å². The van der Waals surface area contributed by atoms with Gasteiger partial charge in [-0.2, -0.15) is 0 Å². The predicted molar refractivity (Wildman–Crippen MR) is 79.7 cm³/mol. The SMILES string of the molecule is Nc1nccnc1C(=O)Nc1nnc(-c2ccccc2)s1. The third-order valence-electron chi connectivity index (χ3n) is 2.61. The van der Waals surface area contributed by atoms with E-state index in [2.05, 4.69) is 25.5 Å². The van der Waals surface area contributed by atoms with Crippen LogP contribution in [0, 0.1) is 0 Å². The van der Waals surface area contributed by atoms with Gasteiger partial charge in [-0.15, -0.1) is 10.2 Å². The lowest BCUT2D eigenvalue weighted by Gasteiger charge is -2.01. The Morgan fingerprint density at radius 2 is 1.86 bits per heavy atom. The Bertz CT molecular complexity index is 773. The van der Waals surface area contributed by atoms with Gasteiger partial charge in [0.05, 0.1) is 0 Å². The Morgan fingerprint density at radius 1 is 1.10 bits per heavy atom. The number of hydrogen-bond donors (Lipinski definition) is 2. The van der Waals surface area contributed by atoms with Gasteiger partial charge < -0.3 is 5.73 Å². The summed E-state index contributed by atoms with van der Waals surface area (Å²) in [5, 5.41) is 11.7. The van der Waals surface area contributed by atoms with Crippen molar-refractivity contribution in [2.75, 3.05) is 11.1 Å². The standard InChI is InChI=1S/C13H10N6OS/c14-10-9(15-6-7-16-10)11(20)17-13-19-18-12(21-13)8-4-2-1-3-5-8/h1-7H,(H2,14,16)(H,17,19,20). The average Bonchev–Trinajstić information content (AvgIpc) is 2.97. The molecule has 0 unspecified atom stereocenters. The van der Waals surface area contributed by atoms with Crippen molar-refractivity contribution in [3.8, 4) is 10.6 Å². The highest BCUT2D eigenvalue weighted by Gasteiger charge is 2.15. The van der Waals surface area contributed by atoms with Crippen molar-refractivity contribution in [3.63, 3.8) is 0 Å². The lowest BCUT2D eigenvalue weighted by Crippen LogP contribution is -2.16. The molecule has 0 aliphatic carbocycles. The van der Waals surface area contributed by atoms with Crippen molar-refractivity contribution in [1.29, 1.82) is 0 Å². The first-order chi connectivity index (χ1) is 10.2. The van der Waals surface area contributed by atoms with Gasteiger partial charge in [-0.3, -0.25) is 10.1 Å². The zero-order valence-corrected chi connectivity index (χ0v) is 11.5. The molecule has 104 valence electrons. The number of aromatic nitrogens is 4. The van der Waals surface area contributed by atoms with E-state index in [1.807, 2.05) is 30.3 Å². The van der Waals surface area contributed by atoms with E-state index < -0.39 is 5.91 Å². The lowest BCUT2D eigenvalue weighted by molar-refractivity contribution is 0.102. The van der Waals surface area contributed by atoms with Gasteiger partial charge in [0, 0.05) is 18.0 Å². The van der Waals surface area contributed by atoms with Crippen molar-refractivity contribution in [3.05, 3.63) is 48.4 Å². The maximum absolute atomic E-state index is 12.0. The number of amides is 1. The van der Waals surface area contributed by atoms with E-state index in [0.29, 0.717) is 5.13 Å². The molecule has 0 saturated heterocycles. The molecular formula is C13H10N6OS. The van der Waals surface area contributed by atoms with Crippen LogP contribution in [0.5, 0.6) is 0 Å². The number of hydrogen-bond acceptors (Lipinski definition) is 7. The van der Waals surface area contributed by atoms with Crippen molar-refractivity contribution in [2.24, 2.45) is 0 Å². The van der Waals surface area contributed by atoms with Crippen molar-refractivity contribution >= 4 is 28.2 Å². The Labute approximate surface area is 123 Å². The van der Waals surface area contributed by atoms with Crippen LogP contribution in [-0.2, 0) is 0 Å². The Balaban J connectivity index is 1.79. The zero-order chi connectivity index (χ0) is 14.7. The third-order valence-corrected chi connectivity index (χ3v) is 3.50. The van der Waals surface area contributed by atoms with Gasteiger partial charge in [-0.1, -0.05) is 41.7 Å². The van der Waals surface area contributed by atoms with E-state index in [9.17, 15) is 4.79 Å². The molecule has 0 bridgehead atoms. The molecule has 3 aromatic rings. The summed E-state index contributed by atoms with van der Waals surface area (Å²) >= 11 is 1.27. The monoisotopic (exact) mass is 298 g/mol. The van der Waals surface area contributed by atoms with Crippen molar-refractivity contribution in [1.82, 2.24) is 20.2 Å². The highest BCUT2D eigenvalue weighted by atomic mass is 32.1. The number of nitrogens with zero attached hydrogens (tertiary/aromatic N) is 4. The molecule has 0 aliphatic rings. The summed E-state index contributed by atoms with van der Waals surface area (Å²) in [6.45, 7) is 0. The largest absolute Gasteiger partial charge is 0.382 e. The van der Waals surface area contributed by atoms with Crippen LogP contribution in [-0.4, -0.2) is 26.1 Å². The average molecular weight is 298 g/mol. The number of nitrogens with two attached hydrogens (primary N) is 1. The van der Waals surface area contributed by atoms with E-state index in [0.717, 1.165) is 10.6 Å². The molecular weight excluding hydrogens is 288 g/mol. The molecule has 2 aromatic heterocycles. The summed E-state index contributed by atoms with van der Waals surface area (Å²) in [5.74, 6) is -0.390. The normalized spacial score (nSPS) is 10.3. The highest BCUT2D eigenvalue weighted by Crippen LogP contribution is 2.26. The molecule has 0 aliphatic heterocycles. The first kappa shape index (κ1) is 13.1. The van der Waals surface area contributed by atoms with Crippen LogP contribution in [0.2, 0.25) is 0 Å². The molecule has 8 heteroatoms. The van der Waals surface area contributed by atoms with Gasteiger partial charge in [-0.05, 0) is 0 Å². The summed E-state index contributed by atoms with van der Waals surface area (Å²) in [4.78, 5) is 19.7. The van der Waals surface area contributed by atoms with Crippen LogP contribution < -0.4 is 11.1 Å². The molecule has 3 N–H and O–H groups in total. The van der Waals surface area contributed by atoms with Gasteiger partial charge in [0.2, 0.25) is 5.13 Å². The number of anilines is 2. The van der Waals surface area contributed by atoms with Crippen LogP contribution in [0.1, 0.15) is 10.5 Å². The Morgan fingerprint density at radius 3 is 2.62 bits per heavy atom. The topological polar surface area (TPSA) is 107 Å². The quantitative estimate of drug-likeness (QED) is 0.764. The minimum atomic E-state index is -0.462. The van der Waals surface area contributed by atoms with Crippen molar-refractivity contribution < 1.29 is 4.79 Å². The van der Waals surface area contributed by atoms with Crippen LogP contribution in [0.3, 0.4) is 0 Å². The second-order valence-corrected chi connectivity index (χ2v) is 5.00. The number of nitrogen functional groups attached to an aromatic ring is 1. The molecule has 2 heterocycles. The Hall–Kier alpha value is -2.87. The maximum Gasteiger partial charge on any atom is 0.279 e. The van der Waals surface area contributed by atoms with Gasteiger partial charge in [0.25, 0.3) is 5.91 Å². The smallest absolute Gasteiger partial charge is 0.279 e. The second kappa shape index (κ2) is 5.63. The minimum Gasteiger partial charge on any atom is -0.382 e. The molecule has 0 radical (unpaired) electrons. The van der Waals surface area contributed by atoms with Gasteiger partial charge in [0.15, 0.2) is 11.5 Å². The fourth-order valence-electron chi connectivity index (χ4n) is 1.65. The molecule has 0 saturated carbocycles. The number of benzene rings is 1. The molecule has 0 spiro atoms. The van der Waals surface area contributed by atoms with Crippen molar-refractivity contribution in [2.45, 2.75) is 0 Å². The van der Waals surface area contributed by atoms with Gasteiger partial charge in [0.1, 0.15) is 5.01 Å². The molecule has 7 nitrogen and oxygen atoms in total. The molecule has 3 rings (SSSR count). The second-order valence-electron chi connectivity index (χ2n) is 4.02. The fourth-order valence-corrected chi connectivity index (χ4v) is 2.40. The minimum absolute atomic E-state index is 0.0639. The number of rotatable bonds is 3. The van der Waals surface area contributed by atoms with E-state index in [4.69, 9.17) is 5.73 Å². The number of carbonyl (C=O) groups is 1. The van der Waals surface area contributed by atoms with Crippen LogP contribution in [0.4, 0.5) is 10.9 Å². The summed E-state index contributed by atoms with van der Waals surface area (Å²) in [7, 11) is 0. The first-order valence-corrected chi connectivity index (χ1v) is 6.82. The summed E-state index contributed by atoms with van der Waals surface area (Å²) in [6.07, 6.45) is 2.82. The van der Waals surface area contributed by atoms with Crippen LogP contribution in [0.25, 0.3) is 10.6 Å². The number of carbonyl (C=O) groups excluding carboxylic acids is 1. The zero-order valence-electron chi connectivity index (χ0n) is 10.7. The van der Waals surface area contributed by atoms with Gasteiger partial charge >= 0.3 is 0 Å². The van der Waals surface area contributed by atoms with E-state index in [-0.39, 0.29) is 11.5 Å². The summed E-state index contributed by atoms with van der Waals surface area (Å²) in [5.41, 5.74) is 6.61. The molecule has 21 heavy (non-hydrogen) atoms. The van der Waals surface area contributed by atoms with E-state index >= 15 is 0 Å². The summed E-state index contributed by atoms with van der Waals surface area (Å²) in [6, 6.07) is 9.59. The fraction of sp³-hybridized carbons (Fsp3) is 0. The lowest BCUT2D eigenvalue weighted by atomic mass is 10.2.